The van der Waals surface area contributed by atoms with Gasteiger partial charge in [-0.25, -0.2) is 0 Å². The Morgan fingerprint density at radius 1 is 0.762 bits per heavy atom. The van der Waals surface area contributed by atoms with Gasteiger partial charge < -0.3 is 59.2 Å². The van der Waals surface area contributed by atoms with E-state index in [2.05, 4.69) is 0 Å². The van der Waals surface area contributed by atoms with Crippen LogP contribution in [-0.4, -0.2) is 83.0 Å². The van der Waals surface area contributed by atoms with E-state index < -0.39 is 54.6 Å². The lowest BCUT2D eigenvalue weighted by molar-refractivity contribution is -0.277. The predicted octanol–water partition coefficient (Wildman–Crippen LogP) is 1.52. The fraction of sp³-hybridized carbons (Fsp3) is 0.207. The molecule has 1 aliphatic rings. The quantitative estimate of drug-likeness (QED) is 0.109. The van der Waals surface area contributed by atoms with Crippen LogP contribution in [0.25, 0.3) is 44.6 Å². The summed E-state index contributed by atoms with van der Waals surface area (Å²) in [7, 11) is 0. The van der Waals surface area contributed by atoms with Crippen molar-refractivity contribution in [2.24, 2.45) is 0 Å². The summed E-state index contributed by atoms with van der Waals surface area (Å²) in [5.41, 5.74) is 0.469. The fourth-order valence-electron chi connectivity index (χ4n) is 4.90. The number of phenolic OH excluding ortho intramolecular Hbond substituents is 4. The van der Waals surface area contributed by atoms with E-state index >= 15 is 0 Å². The van der Waals surface area contributed by atoms with Gasteiger partial charge in [-0.15, -0.1) is 0 Å². The lowest BCUT2D eigenvalue weighted by atomic mass is 9.99. The van der Waals surface area contributed by atoms with Crippen LogP contribution >= 0.6 is 0 Å². The summed E-state index contributed by atoms with van der Waals surface area (Å²) in [6.07, 6.45) is -8.19. The summed E-state index contributed by atoms with van der Waals surface area (Å²) in [5.74, 6) is -2.29. The van der Waals surface area contributed by atoms with E-state index in [0.717, 1.165) is 12.1 Å². The lowest BCUT2D eigenvalue weighted by Gasteiger charge is -2.39. The smallest absolute Gasteiger partial charge is 0.347 e. The van der Waals surface area contributed by atoms with Crippen molar-refractivity contribution in [3.8, 4) is 51.4 Å². The van der Waals surface area contributed by atoms with Gasteiger partial charge in [0.15, 0.2) is 28.8 Å². The van der Waals surface area contributed by atoms with Gasteiger partial charge in [0.2, 0.25) is 6.29 Å². The fourth-order valence-corrected chi connectivity index (χ4v) is 4.90. The van der Waals surface area contributed by atoms with E-state index in [9.17, 15) is 45.6 Å². The highest BCUT2D eigenvalue weighted by atomic mass is 16.7. The molecule has 3 aromatic carbocycles. The third kappa shape index (κ3) is 4.55. The summed E-state index contributed by atoms with van der Waals surface area (Å²) >= 11 is 0. The first-order valence-corrected chi connectivity index (χ1v) is 12.6. The molecule has 0 spiro atoms. The molecule has 3 heterocycles. The van der Waals surface area contributed by atoms with Gasteiger partial charge in [-0.2, -0.15) is 0 Å². The average molecular weight is 582 g/mol. The first-order valence-electron chi connectivity index (χ1n) is 12.6. The second-order valence-corrected chi connectivity index (χ2v) is 9.83. The van der Waals surface area contributed by atoms with Crippen LogP contribution in [-0.2, 0) is 4.74 Å². The average Bonchev–Trinajstić information content (AvgIpc) is 2.96. The van der Waals surface area contributed by atoms with E-state index in [1.807, 2.05) is 0 Å². The Labute approximate surface area is 234 Å². The molecule has 0 saturated carbocycles. The van der Waals surface area contributed by atoms with Crippen molar-refractivity contribution < 1.29 is 64.0 Å². The van der Waals surface area contributed by atoms with E-state index in [4.69, 9.17) is 18.3 Å². The molecule has 2 aromatic heterocycles. The van der Waals surface area contributed by atoms with Crippen molar-refractivity contribution in [3.63, 3.8) is 0 Å². The SMILES string of the molecule is OC[C@H]1OC(Oc2c(-c3cc(O)c(O)c(O)c3)oc3cc(=[OH+])cc4oc(-c5ccc(O)cc5)cc2c43)[C@H](O)[C@@H](O)[C@@H]1O. The molecule has 218 valence electrons. The highest BCUT2D eigenvalue weighted by Gasteiger charge is 2.45. The molecule has 1 fully saturated rings. The second-order valence-electron chi connectivity index (χ2n) is 9.83. The summed E-state index contributed by atoms with van der Waals surface area (Å²) in [5, 5.41) is 81.7. The molecule has 5 aromatic rings. The number of hydrogen-bond donors (Lipinski definition) is 8. The lowest BCUT2D eigenvalue weighted by Crippen LogP contribution is -2.60. The minimum atomic E-state index is -1.81. The molecule has 13 nitrogen and oxygen atoms in total. The number of rotatable bonds is 5. The third-order valence-corrected chi connectivity index (χ3v) is 7.04. The maximum Gasteiger partial charge on any atom is 0.347 e. The van der Waals surface area contributed by atoms with Crippen molar-refractivity contribution >= 4 is 21.9 Å². The van der Waals surface area contributed by atoms with Gasteiger partial charge in [-0.3, -0.25) is 4.79 Å². The summed E-state index contributed by atoms with van der Waals surface area (Å²) < 4.78 is 23.8. The molecular formula is C29H25O13+. The highest BCUT2D eigenvalue weighted by Crippen LogP contribution is 2.47. The summed E-state index contributed by atoms with van der Waals surface area (Å²) in [6, 6.07) is 12.3. The normalized spacial score (nSPS) is 22.5. The van der Waals surface area contributed by atoms with Gasteiger partial charge in [0.25, 0.3) is 0 Å². The maximum absolute atomic E-state index is 10.7. The number of hydrogen-bond acceptors (Lipinski definition) is 12. The van der Waals surface area contributed by atoms with Crippen molar-refractivity contribution in [1.29, 1.82) is 0 Å². The molecule has 42 heavy (non-hydrogen) atoms. The first kappa shape index (κ1) is 27.4. The largest absolute Gasteiger partial charge is 0.508 e. The zero-order chi connectivity index (χ0) is 29.9. The number of phenols is 4. The zero-order valence-electron chi connectivity index (χ0n) is 21.4. The van der Waals surface area contributed by atoms with Gasteiger partial charge in [-0.1, -0.05) is 0 Å². The van der Waals surface area contributed by atoms with Gasteiger partial charge in [0.1, 0.15) is 47.1 Å². The number of aromatic hydroxyl groups is 4. The standard InChI is InChI=1S/C29H24O13/c30-10-21-24(36)25(37)26(38)29(41-21)42-28-15-9-18(11-1-3-13(31)4-2-11)39-19-7-14(32)8-20(22(15)19)40-27(28)12-5-16(33)23(35)17(34)6-12/h1-9,21,24-26,29-31,33-38H,10H2/p+1/t21-,24-,25+,26-,29?/m1/s1. The number of ether oxygens (including phenoxy) is 2. The van der Waals surface area contributed by atoms with E-state index in [1.165, 1.54) is 30.3 Å². The molecule has 1 aliphatic heterocycles. The van der Waals surface area contributed by atoms with Gasteiger partial charge in [-0.05, 0) is 42.5 Å². The Hall–Kier alpha value is -4.79. The second kappa shape index (κ2) is 10.2. The zero-order valence-corrected chi connectivity index (χ0v) is 21.4. The Kier molecular flexibility index (Phi) is 6.68. The van der Waals surface area contributed by atoms with Crippen LogP contribution in [0.1, 0.15) is 0 Å². The topological polar surface area (TPSA) is 228 Å². The molecule has 1 saturated heterocycles. The molecule has 6 rings (SSSR count). The monoisotopic (exact) mass is 581 g/mol. The van der Waals surface area contributed by atoms with Crippen LogP contribution in [0.5, 0.6) is 28.7 Å². The van der Waals surface area contributed by atoms with Gasteiger partial charge >= 0.3 is 5.43 Å². The maximum atomic E-state index is 10.7. The van der Waals surface area contributed by atoms with Crippen molar-refractivity contribution in [2.75, 3.05) is 6.61 Å². The number of benzene rings is 3. The molecule has 5 atom stereocenters. The Morgan fingerprint density at radius 3 is 2.05 bits per heavy atom. The van der Waals surface area contributed by atoms with Crippen LogP contribution < -0.4 is 10.2 Å². The Morgan fingerprint density at radius 2 is 1.40 bits per heavy atom. The van der Waals surface area contributed by atoms with Crippen LogP contribution in [0.4, 0.5) is 0 Å². The van der Waals surface area contributed by atoms with Gasteiger partial charge in [0, 0.05) is 16.5 Å². The van der Waals surface area contributed by atoms with Crippen molar-refractivity contribution in [3.05, 3.63) is 60.0 Å². The van der Waals surface area contributed by atoms with Crippen molar-refractivity contribution in [1.82, 2.24) is 0 Å². The molecule has 0 amide bonds. The summed E-state index contributed by atoms with van der Waals surface area (Å²) in [4.78, 5) is 10.4. The van der Waals surface area contributed by atoms with Crippen molar-refractivity contribution in [2.45, 2.75) is 30.7 Å². The minimum absolute atomic E-state index is 0.00924. The molecule has 0 radical (unpaired) electrons. The van der Waals surface area contributed by atoms with Crippen LogP contribution in [0.15, 0.2) is 63.4 Å². The number of aliphatic hydroxyl groups excluding tert-OH is 4. The van der Waals surface area contributed by atoms with Crippen LogP contribution in [0.3, 0.4) is 0 Å². The Balaban J connectivity index is 1.66. The predicted molar refractivity (Wildman–Crippen MR) is 143 cm³/mol. The minimum Gasteiger partial charge on any atom is -0.508 e. The summed E-state index contributed by atoms with van der Waals surface area (Å²) in [6.45, 7) is -0.714. The van der Waals surface area contributed by atoms with Gasteiger partial charge in [0.05, 0.1) is 24.1 Å². The molecule has 9 N–H and O–H groups in total. The van der Waals surface area contributed by atoms with E-state index in [-0.39, 0.29) is 50.6 Å². The first-order chi connectivity index (χ1) is 20.0. The van der Waals surface area contributed by atoms with E-state index in [0.29, 0.717) is 10.9 Å². The Bertz CT molecular complexity index is 1830. The molecule has 1 unspecified atom stereocenters. The molecular weight excluding hydrogens is 556 g/mol. The molecule has 13 heteroatoms. The molecule has 0 bridgehead atoms. The van der Waals surface area contributed by atoms with Crippen LogP contribution in [0, 0.1) is 0 Å². The third-order valence-electron chi connectivity index (χ3n) is 7.04. The van der Waals surface area contributed by atoms with Crippen LogP contribution in [0.2, 0.25) is 0 Å². The molecule has 0 aliphatic carbocycles. The highest BCUT2D eigenvalue weighted by molar-refractivity contribution is 6.10. The van der Waals surface area contributed by atoms with E-state index in [1.54, 1.807) is 12.1 Å². The number of aliphatic hydroxyl groups is 4.